The molecule has 1 aromatic carbocycles. The average molecular weight is 1450 g/mol. The van der Waals surface area contributed by atoms with Crippen LogP contribution in [0, 0.1) is 59.7 Å². The number of ether oxygens (including phenoxy) is 4. The third-order valence-electron chi connectivity index (χ3n) is 18.3. The second-order valence-electron chi connectivity index (χ2n) is 26.8. The van der Waals surface area contributed by atoms with Crippen molar-refractivity contribution in [2.75, 3.05) is 18.5 Å². The molecule has 0 saturated carbocycles. The fraction of sp³-hybridized carbons (Fsp3) is 0.633. The molecule has 4 aliphatic rings. The molecule has 5 unspecified atom stereocenters. The first-order chi connectivity index (χ1) is 44.7. The van der Waals surface area contributed by atoms with Gasteiger partial charge in [0.1, 0.15) is 53.8 Å². The minimum atomic E-state index is -2.79. The van der Waals surface area contributed by atoms with Crippen LogP contribution in [-0.2, 0) is 39.2 Å². The second-order valence-corrected chi connectivity index (χ2v) is 36.9. The number of hydrogen-bond acceptors (Lipinski definition) is 26. The Morgan fingerprint density at radius 1 is 0.629 bits per heavy atom. The molecule has 4 aromatic heterocycles. The van der Waals surface area contributed by atoms with Gasteiger partial charge in [0.25, 0.3) is 16.8 Å². The molecular formula is C60H91ArN10O23SSi2-. The molecule has 18 atom stereocenters. The van der Waals surface area contributed by atoms with E-state index in [0.717, 1.165) is 34.2 Å². The van der Waals surface area contributed by atoms with Crippen LogP contribution in [0.15, 0.2) is 102 Å². The number of hydrogen-bond donors (Lipinski definition) is 9. The fourth-order valence-electron chi connectivity index (χ4n) is 10.6. The Hall–Kier alpha value is -5.34. The van der Waals surface area contributed by atoms with Crippen molar-refractivity contribution >= 4 is 39.5 Å². The molecule has 4 saturated heterocycles. The van der Waals surface area contributed by atoms with Gasteiger partial charge >= 0.3 is 22.8 Å². The Balaban J connectivity index is 0.000000236. The summed E-state index contributed by atoms with van der Waals surface area (Å²) in [4.78, 5) is 93.2. The number of para-hydroxylation sites is 1. The summed E-state index contributed by atoms with van der Waals surface area (Å²) in [6.45, 7) is 30.8. The summed E-state index contributed by atoms with van der Waals surface area (Å²) >= 11 is -2.79. The number of nitro benzene ring substituents is 1. The summed E-state index contributed by atoms with van der Waals surface area (Å²) in [6, 6.07) is 10.9. The van der Waals surface area contributed by atoms with Crippen LogP contribution in [0.1, 0.15) is 126 Å². The van der Waals surface area contributed by atoms with Crippen LogP contribution in [0.3, 0.4) is 0 Å². The molecule has 0 amide bonds. The van der Waals surface area contributed by atoms with E-state index >= 15 is 0 Å². The summed E-state index contributed by atoms with van der Waals surface area (Å²) in [6.07, 6.45) is -4.24. The van der Waals surface area contributed by atoms with E-state index in [1.807, 2.05) is 11.9 Å². The molecule has 0 radical (unpaired) electrons. The maximum atomic E-state index is 12.5. The molecule has 37 heteroatoms. The van der Waals surface area contributed by atoms with Crippen LogP contribution in [0.5, 0.6) is 5.88 Å². The predicted molar refractivity (Wildman–Crippen MR) is 351 cm³/mol. The molecule has 8 heterocycles. The van der Waals surface area contributed by atoms with E-state index in [-0.39, 0.29) is 101 Å². The summed E-state index contributed by atoms with van der Waals surface area (Å²) in [5.74, 6) is 0.183. The van der Waals surface area contributed by atoms with Gasteiger partial charge in [-0.05, 0) is 62.1 Å². The molecule has 0 aliphatic carbocycles. The number of nitrogens with zero attached hydrogens (tertiary/aromatic N) is 7. The maximum Gasteiger partial charge on any atom is 0.353 e. The first-order valence-corrected chi connectivity index (χ1v) is 38.0. The zero-order valence-corrected chi connectivity index (χ0v) is 60.1. The zero-order valence-electron chi connectivity index (χ0n) is 56.6. The van der Waals surface area contributed by atoms with Crippen LogP contribution < -0.4 is 43.4 Å². The van der Waals surface area contributed by atoms with E-state index in [9.17, 15) is 68.1 Å². The van der Waals surface area contributed by atoms with Crippen molar-refractivity contribution in [1.29, 1.82) is 0 Å². The molecule has 9 N–H and O–H groups in total. The second kappa shape index (κ2) is 34.4. The van der Waals surface area contributed by atoms with Gasteiger partial charge in [-0.1, -0.05) is 87.4 Å². The number of anilines is 1. The molecule has 97 heavy (non-hydrogen) atoms. The van der Waals surface area contributed by atoms with Crippen LogP contribution in [0.2, 0.25) is 36.3 Å². The SMILES string of the molecule is CC[C@H]1O[C@@H](n2ccc(=O)[nH]c2=O)[C@@H](O[Si](C)(C)C(C)(C)C)C1C.CC[C@H]1O[C@@H](n2ccc(OS(=O)[O-])nc2=O)[C@@H](O[Si](C)(C)C(C)(C)C)C1C.C[C@H](Nc1ccn([C@@H]2O[C@H](CO)C(O)[C@@H]2O)c(=O)n1)c1ccccc1[N+](=O)[O-].O=c1ccn([C@@H]2O[C@H](CO)C(O)[C@@H]2O)c(=O)[nH]1.[Ar]. The standard InChI is InChI=1S/C17H20N4O7.C17H30N2O6SSi.C17H30N2O4Si.C9H12N2O6.Ar/c1-9(10-4-2-3-5-11(10)21(26)27)18-13-6-7-20(17(25)19-13)16-15(24)14(23)12(8-22)28-16;1-8-12-11(2)14(25-27(6,7)17(3,4)5)15(23-12)19-10-9-13(18-16(19)20)24-26(21)22;1-8-12-11(2)14(23-24(6,7)17(3,4)5)15(22-12)19-10-9-13(20)18-16(19)21;12-3-4-6(14)7(15)8(17-4)11-2-1-5(13)10-9(11)16;/h2-7,9,12,14-16,22-24H,8H2,1H3,(H,18,19,25);9-12,14-15H,8H2,1-7H3,(H,21,22);9-12,14-15H,8H2,1-7H3,(H,18,20,21);1-2,4,6-8,12,14-15H,3H2,(H,10,13,16);/p-1/t9-,12+,14?,15-,16+;2*11?,12-,14+,15-;4-,6?,7+,8-;/m0111./s1. The minimum absolute atomic E-state index is 0. The summed E-state index contributed by atoms with van der Waals surface area (Å²) in [5, 5.41) is 71.2. The topological polar surface area (TPSA) is 461 Å². The van der Waals surface area contributed by atoms with E-state index in [1.54, 1.807) is 25.1 Å². The molecule has 5 aromatic rings. The van der Waals surface area contributed by atoms with E-state index in [4.69, 9.17) is 38.0 Å². The number of nitro groups is 1. The molecule has 9 rings (SSSR count). The Bertz CT molecular complexity index is 3840. The van der Waals surface area contributed by atoms with Gasteiger partial charge in [-0.15, -0.1) is 0 Å². The van der Waals surface area contributed by atoms with Crippen LogP contribution in [0.4, 0.5) is 11.5 Å². The Kier molecular flexibility index (Phi) is 29.2. The number of aromatic nitrogens is 8. The third-order valence-corrected chi connectivity index (χ3v) is 27.5. The van der Waals surface area contributed by atoms with Gasteiger partial charge in [-0.25, -0.2) is 23.4 Å². The van der Waals surface area contributed by atoms with E-state index in [0.29, 0.717) is 5.56 Å². The molecular weight excluding hydrogens is 1360 g/mol. The van der Waals surface area contributed by atoms with Crippen LogP contribution >= 0.6 is 0 Å². The van der Waals surface area contributed by atoms with E-state index < -0.39 is 148 Å². The largest absolute Gasteiger partial charge is 0.740 e. The minimum Gasteiger partial charge on any atom is -0.740 e. The summed E-state index contributed by atoms with van der Waals surface area (Å²) < 4.78 is 66.5. The third kappa shape index (κ3) is 19.8. The molecule has 4 aliphatic heterocycles. The van der Waals surface area contributed by atoms with Crippen molar-refractivity contribution in [3.05, 3.63) is 152 Å². The first kappa shape index (κ1) is 82.3. The Morgan fingerprint density at radius 3 is 1.41 bits per heavy atom. The number of aromatic amines is 2. The Labute approximate surface area is 593 Å². The van der Waals surface area contributed by atoms with Gasteiger partial charge in [-0.2, -0.15) is 9.97 Å². The van der Waals surface area contributed by atoms with Crippen molar-refractivity contribution < 1.29 is 114 Å². The van der Waals surface area contributed by atoms with Crippen molar-refractivity contribution in [1.82, 2.24) is 38.2 Å². The Morgan fingerprint density at radius 2 is 1.02 bits per heavy atom. The number of aliphatic hydroxyl groups is 6. The van der Waals surface area contributed by atoms with E-state index in [2.05, 4.69) is 113 Å². The smallest absolute Gasteiger partial charge is 0.353 e. The van der Waals surface area contributed by atoms with E-state index in [1.165, 1.54) is 52.0 Å². The fourth-order valence-corrected chi connectivity index (χ4v) is 13.6. The number of H-pyrrole nitrogens is 2. The predicted octanol–water partition coefficient (Wildman–Crippen LogP) is 2.70. The normalized spacial score (nSPS) is 27.8. The summed E-state index contributed by atoms with van der Waals surface area (Å²) in [7, 11) is -4.13. The summed E-state index contributed by atoms with van der Waals surface area (Å²) in [5.41, 5.74) is -3.21. The number of nitrogens with one attached hydrogen (secondary N) is 3. The molecule has 542 valence electrons. The van der Waals surface area contributed by atoms with Gasteiger partial charge < -0.3 is 72.5 Å². The molecule has 33 nitrogen and oxygen atoms in total. The van der Waals surface area contributed by atoms with Gasteiger partial charge in [0.2, 0.25) is 5.88 Å². The van der Waals surface area contributed by atoms with Crippen LogP contribution in [-0.4, -0.2) is 173 Å². The van der Waals surface area contributed by atoms with Gasteiger partial charge in [0, 0.05) is 98.6 Å². The van der Waals surface area contributed by atoms with Crippen molar-refractivity contribution in [2.45, 2.75) is 217 Å². The monoisotopic (exact) mass is 1450 g/mol. The zero-order chi connectivity index (χ0) is 71.9. The van der Waals surface area contributed by atoms with Gasteiger partial charge in [0.15, 0.2) is 41.5 Å². The van der Waals surface area contributed by atoms with Crippen molar-refractivity contribution in [3.8, 4) is 5.88 Å². The number of rotatable bonds is 18. The molecule has 0 spiro atoms. The van der Waals surface area contributed by atoms with Crippen LogP contribution in [0.25, 0.3) is 0 Å². The number of benzene rings is 1. The van der Waals surface area contributed by atoms with Crippen molar-refractivity contribution in [3.63, 3.8) is 0 Å². The van der Waals surface area contributed by atoms with Gasteiger partial charge in [0.05, 0.1) is 54.2 Å². The van der Waals surface area contributed by atoms with Crippen molar-refractivity contribution in [2.24, 2.45) is 11.8 Å². The van der Waals surface area contributed by atoms with Gasteiger partial charge in [-0.3, -0.25) is 47.9 Å². The maximum absolute atomic E-state index is 12.5. The quantitative estimate of drug-likeness (QED) is 0.0263. The molecule has 0 bridgehead atoms. The first-order valence-electron chi connectivity index (χ1n) is 31.2. The average Bonchev–Trinajstić information content (AvgIpc) is 1.68. The number of aliphatic hydroxyl groups excluding tert-OH is 6. The molecule has 4 fully saturated rings.